The molecule has 0 saturated carbocycles. The molecule has 8 heavy (non-hydrogen) atoms. The first-order valence-corrected chi connectivity index (χ1v) is 1.96. The molecule has 0 amide bonds. The van der Waals surface area contributed by atoms with Gasteiger partial charge in [-0.3, -0.25) is 0 Å². The lowest BCUT2D eigenvalue weighted by Crippen LogP contribution is -2.31. The Morgan fingerprint density at radius 3 is 2.62 bits per heavy atom. The maximum Gasteiger partial charge on any atom is 0.345 e. The van der Waals surface area contributed by atoms with Crippen LogP contribution in [0.4, 0.5) is 0 Å². The Morgan fingerprint density at radius 1 is 2.00 bits per heavy atom. The van der Waals surface area contributed by atoms with E-state index in [9.17, 15) is 5.21 Å². The highest BCUT2D eigenvalue weighted by molar-refractivity contribution is 4.67. The van der Waals surface area contributed by atoms with E-state index < -0.39 is 4.81 Å². The van der Waals surface area contributed by atoms with E-state index in [2.05, 4.69) is 6.58 Å². The second-order valence-corrected chi connectivity index (χ2v) is 1.27. The van der Waals surface area contributed by atoms with Crippen molar-refractivity contribution in [2.24, 2.45) is 0 Å². The van der Waals surface area contributed by atoms with Gasteiger partial charge in [0.25, 0.3) is 0 Å². The molecule has 1 atom stereocenters. The van der Waals surface area contributed by atoms with Crippen LogP contribution in [0.2, 0.25) is 0 Å². The van der Waals surface area contributed by atoms with E-state index in [4.69, 9.17) is 10.5 Å². The highest BCUT2D eigenvalue weighted by atomic mass is 16.8. The van der Waals surface area contributed by atoms with Gasteiger partial charge < -0.3 is 5.21 Å². The quantitative estimate of drug-likeness (QED) is 0.244. The van der Waals surface area contributed by atoms with Crippen LogP contribution in [0.1, 0.15) is 0 Å². The molecule has 0 aromatic heterocycles. The number of hydrogen-bond donors (Lipinski definition) is 1. The zero-order chi connectivity index (χ0) is 6.62. The number of hydroxylamine groups is 4. The van der Waals surface area contributed by atoms with Crippen molar-refractivity contribution in [3.05, 3.63) is 17.9 Å². The predicted octanol–water partition coefficient (Wildman–Crippen LogP) is 0.357. The molecule has 0 aliphatic heterocycles. The van der Waals surface area contributed by atoms with E-state index in [1.54, 1.807) is 0 Å². The van der Waals surface area contributed by atoms with Crippen molar-refractivity contribution in [3.63, 3.8) is 0 Å². The molecule has 1 unspecified atom stereocenters. The molecule has 0 aromatic carbocycles. The SMILES string of the molecule is C=CC[N+]([O-])(O)C#N. The molecular formula is C4H6N2O2. The monoisotopic (exact) mass is 114 g/mol. The van der Waals surface area contributed by atoms with Crippen LogP contribution >= 0.6 is 0 Å². The van der Waals surface area contributed by atoms with Gasteiger partial charge in [-0.15, -0.1) is 10.1 Å². The summed E-state index contributed by atoms with van der Waals surface area (Å²) >= 11 is 0. The van der Waals surface area contributed by atoms with Crippen LogP contribution in [-0.2, 0) is 0 Å². The van der Waals surface area contributed by atoms with Gasteiger partial charge in [0, 0.05) is 0 Å². The van der Waals surface area contributed by atoms with Crippen molar-refractivity contribution in [1.82, 2.24) is 0 Å². The topological polar surface area (TPSA) is 67.1 Å². The van der Waals surface area contributed by atoms with Crippen LogP contribution < -0.4 is 0 Å². The molecule has 0 aromatic rings. The first kappa shape index (κ1) is 7.11. The Morgan fingerprint density at radius 2 is 2.50 bits per heavy atom. The van der Waals surface area contributed by atoms with Crippen LogP contribution in [-0.4, -0.2) is 16.6 Å². The summed E-state index contributed by atoms with van der Waals surface area (Å²) in [4.78, 5) is -1.90. The highest BCUT2D eigenvalue weighted by Crippen LogP contribution is 1.92. The normalized spacial score (nSPS) is 16.1. The summed E-state index contributed by atoms with van der Waals surface area (Å²) in [7, 11) is 0. The first-order valence-electron chi connectivity index (χ1n) is 1.96. The van der Waals surface area contributed by atoms with Crippen molar-refractivity contribution in [3.8, 4) is 6.19 Å². The fraction of sp³-hybridized carbons (Fsp3) is 0.250. The Labute approximate surface area is 47.0 Å². The van der Waals surface area contributed by atoms with E-state index in [0.29, 0.717) is 0 Å². The second-order valence-electron chi connectivity index (χ2n) is 1.27. The molecule has 4 nitrogen and oxygen atoms in total. The summed E-state index contributed by atoms with van der Waals surface area (Å²) in [6.07, 6.45) is 2.29. The lowest BCUT2D eigenvalue weighted by Gasteiger charge is -2.20. The average molecular weight is 114 g/mol. The van der Waals surface area contributed by atoms with E-state index in [1.165, 1.54) is 6.08 Å². The number of nitriles is 1. The van der Waals surface area contributed by atoms with E-state index >= 15 is 0 Å². The van der Waals surface area contributed by atoms with Gasteiger partial charge in [-0.2, -0.15) is 0 Å². The molecule has 0 fully saturated rings. The molecular weight excluding hydrogens is 108 g/mol. The zero-order valence-corrected chi connectivity index (χ0v) is 4.24. The van der Waals surface area contributed by atoms with Gasteiger partial charge in [-0.05, 0) is 6.08 Å². The van der Waals surface area contributed by atoms with E-state index in [0.717, 1.165) is 6.19 Å². The zero-order valence-electron chi connectivity index (χ0n) is 4.24. The van der Waals surface area contributed by atoms with Gasteiger partial charge in [0.15, 0.2) is 0 Å². The lowest BCUT2D eigenvalue weighted by atomic mass is 10.6. The smallest absolute Gasteiger partial charge is 0.345 e. The summed E-state index contributed by atoms with van der Waals surface area (Å²) in [5, 5.41) is 26.2. The van der Waals surface area contributed by atoms with Crippen LogP contribution in [0.25, 0.3) is 0 Å². The minimum Gasteiger partial charge on any atom is -0.583 e. The van der Waals surface area contributed by atoms with Crippen molar-refractivity contribution < 1.29 is 10.0 Å². The number of hydrogen-bond acceptors (Lipinski definition) is 3. The van der Waals surface area contributed by atoms with Gasteiger partial charge in [-0.25, -0.2) is 5.21 Å². The largest absolute Gasteiger partial charge is 0.583 e. The Kier molecular flexibility index (Phi) is 2.16. The van der Waals surface area contributed by atoms with Gasteiger partial charge >= 0.3 is 6.19 Å². The van der Waals surface area contributed by atoms with Crippen LogP contribution in [0.5, 0.6) is 0 Å². The summed E-state index contributed by atoms with van der Waals surface area (Å²) < 4.78 is 0. The van der Waals surface area contributed by atoms with E-state index in [1.807, 2.05) is 0 Å². The summed E-state index contributed by atoms with van der Waals surface area (Å²) in [5.41, 5.74) is 0. The minimum atomic E-state index is -1.90. The molecule has 0 spiro atoms. The predicted molar refractivity (Wildman–Crippen MR) is 26.1 cm³/mol. The van der Waals surface area contributed by atoms with Gasteiger partial charge in [-0.1, -0.05) is 6.58 Å². The molecule has 0 rings (SSSR count). The van der Waals surface area contributed by atoms with Crippen molar-refractivity contribution >= 4 is 0 Å². The first-order chi connectivity index (χ1) is 3.62. The minimum absolute atomic E-state index is 0.295. The number of rotatable bonds is 2. The van der Waals surface area contributed by atoms with Crippen LogP contribution in [0.15, 0.2) is 12.7 Å². The molecule has 0 saturated heterocycles. The summed E-state index contributed by atoms with van der Waals surface area (Å²) in [6.45, 7) is 2.87. The van der Waals surface area contributed by atoms with Crippen LogP contribution in [0.3, 0.4) is 0 Å². The van der Waals surface area contributed by atoms with Crippen LogP contribution in [0, 0.1) is 16.7 Å². The van der Waals surface area contributed by atoms with Gasteiger partial charge in [0.2, 0.25) is 0 Å². The number of quaternary nitrogens is 1. The van der Waals surface area contributed by atoms with Crippen molar-refractivity contribution in [2.45, 2.75) is 0 Å². The fourth-order valence-corrected chi connectivity index (χ4v) is 0.216. The molecule has 44 valence electrons. The summed E-state index contributed by atoms with van der Waals surface area (Å²) in [6, 6.07) is 0. The maximum absolute atomic E-state index is 10.1. The average Bonchev–Trinajstić information content (AvgIpc) is 1.67. The Bertz CT molecular complexity index is 124. The second kappa shape index (κ2) is 2.43. The third-order valence-corrected chi connectivity index (χ3v) is 0.533. The standard InChI is InChI=1S/C4H6N2O2/c1-2-3-6(7,8)4-5/h2,7H,1,3H2. The van der Waals surface area contributed by atoms with Gasteiger partial charge in [0.05, 0.1) is 0 Å². The number of nitrogens with zero attached hydrogens (tertiary/aromatic N) is 2. The highest BCUT2D eigenvalue weighted by Gasteiger charge is 2.07. The van der Waals surface area contributed by atoms with Crippen molar-refractivity contribution in [1.29, 1.82) is 5.26 Å². The molecule has 0 aliphatic carbocycles. The molecule has 1 N–H and O–H groups in total. The van der Waals surface area contributed by atoms with Gasteiger partial charge in [0.1, 0.15) is 6.54 Å². The van der Waals surface area contributed by atoms with E-state index in [-0.39, 0.29) is 6.54 Å². The summed E-state index contributed by atoms with van der Waals surface area (Å²) in [5.74, 6) is 0. The molecule has 0 bridgehead atoms. The lowest BCUT2D eigenvalue weighted by molar-refractivity contribution is -1.01. The third-order valence-electron chi connectivity index (χ3n) is 0.533. The molecule has 0 radical (unpaired) electrons. The molecule has 0 heterocycles. The Hall–Kier alpha value is -0.890. The fourth-order valence-electron chi connectivity index (χ4n) is 0.216. The Balaban J connectivity index is 3.76. The third kappa shape index (κ3) is 2.31. The van der Waals surface area contributed by atoms with Crippen molar-refractivity contribution in [2.75, 3.05) is 6.54 Å². The molecule has 0 aliphatic rings. The molecule has 4 heteroatoms. The maximum atomic E-state index is 10.1.